The molecule has 2 fully saturated rings. The van der Waals surface area contributed by atoms with Crippen LogP contribution in [0.5, 0.6) is 0 Å². The molecular weight excluding hydrogens is 280 g/mol. The van der Waals surface area contributed by atoms with Gasteiger partial charge in [-0.05, 0) is 78.8 Å². The molecule has 0 aromatic rings. The molecule has 0 bridgehead atoms. The highest BCUT2D eigenvalue weighted by molar-refractivity contribution is 5.36. The van der Waals surface area contributed by atoms with Crippen LogP contribution in [-0.4, -0.2) is 7.11 Å². The molecule has 0 amide bonds. The Morgan fingerprint density at radius 1 is 1.17 bits per heavy atom. The zero-order valence-electron chi connectivity index (χ0n) is 14.9. The molecule has 0 radical (unpaired) electrons. The van der Waals surface area contributed by atoms with E-state index in [4.69, 9.17) is 11.2 Å². The summed E-state index contributed by atoms with van der Waals surface area (Å²) in [5.41, 5.74) is 2.32. The minimum absolute atomic E-state index is 0.362. The fourth-order valence-corrected chi connectivity index (χ4v) is 6.73. The summed E-state index contributed by atoms with van der Waals surface area (Å²) in [6.07, 6.45) is 19.6. The zero-order valence-corrected chi connectivity index (χ0v) is 14.9. The van der Waals surface area contributed by atoms with Gasteiger partial charge in [0.15, 0.2) is 0 Å². The predicted molar refractivity (Wildman–Crippen MR) is 94.5 cm³/mol. The van der Waals surface area contributed by atoms with E-state index in [1.165, 1.54) is 44.3 Å². The van der Waals surface area contributed by atoms with Gasteiger partial charge in [0.25, 0.3) is 0 Å². The number of methoxy groups -OCH3 is 1. The van der Waals surface area contributed by atoms with Crippen LogP contribution in [0.1, 0.15) is 58.8 Å². The first kappa shape index (κ1) is 15.4. The van der Waals surface area contributed by atoms with Crippen molar-refractivity contribution in [2.75, 3.05) is 7.11 Å². The van der Waals surface area contributed by atoms with E-state index in [1.54, 1.807) is 5.57 Å². The van der Waals surface area contributed by atoms with Gasteiger partial charge in [0, 0.05) is 12.3 Å². The maximum absolute atomic E-state index is 5.87. The molecule has 0 spiro atoms. The summed E-state index contributed by atoms with van der Waals surface area (Å²) in [5, 5.41) is 0. The lowest BCUT2D eigenvalue weighted by atomic mass is 9.48. The van der Waals surface area contributed by atoms with E-state index in [0.717, 1.165) is 24.2 Å². The highest BCUT2D eigenvalue weighted by Gasteiger charge is 2.57. The van der Waals surface area contributed by atoms with Crippen molar-refractivity contribution >= 4 is 0 Å². The van der Waals surface area contributed by atoms with Crippen LogP contribution in [0.4, 0.5) is 0 Å². The van der Waals surface area contributed by atoms with Crippen LogP contribution in [-0.2, 0) is 4.74 Å². The normalized spacial score (nSPS) is 48.3. The largest absolute Gasteiger partial charge is 0.501 e. The van der Waals surface area contributed by atoms with Gasteiger partial charge < -0.3 is 4.74 Å². The molecule has 1 heteroatoms. The van der Waals surface area contributed by atoms with E-state index < -0.39 is 0 Å². The Labute approximate surface area is 141 Å². The molecule has 2 saturated carbocycles. The lowest BCUT2D eigenvalue weighted by Crippen LogP contribution is -2.49. The molecular formula is C22H30O. The van der Waals surface area contributed by atoms with Gasteiger partial charge in [0.05, 0.1) is 12.9 Å². The quantitative estimate of drug-likeness (QED) is 0.594. The molecule has 124 valence electrons. The second-order valence-electron chi connectivity index (χ2n) is 8.85. The second-order valence-corrected chi connectivity index (χ2v) is 8.85. The summed E-state index contributed by atoms with van der Waals surface area (Å²) in [4.78, 5) is 0. The van der Waals surface area contributed by atoms with Gasteiger partial charge >= 0.3 is 0 Å². The molecule has 4 aliphatic carbocycles. The molecule has 4 aliphatic rings. The van der Waals surface area contributed by atoms with E-state index in [2.05, 4.69) is 31.9 Å². The van der Waals surface area contributed by atoms with E-state index in [1.807, 2.05) is 7.11 Å². The highest BCUT2D eigenvalue weighted by atomic mass is 16.5. The molecule has 0 aliphatic heterocycles. The monoisotopic (exact) mass is 310 g/mol. The number of ether oxygens (including phenoxy) is 1. The van der Waals surface area contributed by atoms with Gasteiger partial charge in [-0.3, -0.25) is 0 Å². The van der Waals surface area contributed by atoms with Gasteiger partial charge in [-0.15, -0.1) is 12.3 Å². The Balaban J connectivity index is 1.69. The Kier molecular flexibility index (Phi) is 3.45. The molecule has 0 saturated heterocycles. The third-order valence-electron chi connectivity index (χ3n) is 8.20. The van der Waals surface area contributed by atoms with Crippen LogP contribution < -0.4 is 0 Å². The number of hydrogen-bond acceptors (Lipinski definition) is 1. The second kappa shape index (κ2) is 5.17. The molecule has 0 N–H and O–H groups in total. The lowest BCUT2D eigenvalue weighted by molar-refractivity contribution is -0.0291. The van der Waals surface area contributed by atoms with Crippen LogP contribution in [0.2, 0.25) is 0 Å². The van der Waals surface area contributed by atoms with E-state index in [-0.39, 0.29) is 0 Å². The Bertz CT molecular complexity index is 606. The van der Waals surface area contributed by atoms with Crippen molar-refractivity contribution in [3.8, 4) is 12.3 Å². The molecule has 6 atom stereocenters. The standard InChI is InChI=1S/C22H30O/c1-5-15-7-9-19-18-8-6-16-14-17(23-4)10-12-22(16,3)20(18)11-13-21(15,19)2/h1,6,14-15,18-20H,7-13H2,2-4H3/t15-,18?,19?,20?,21+,22-/m0/s1. The summed E-state index contributed by atoms with van der Waals surface area (Å²) < 4.78 is 5.53. The molecule has 0 heterocycles. The van der Waals surface area contributed by atoms with Gasteiger partial charge in [-0.25, -0.2) is 0 Å². The molecule has 0 aromatic carbocycles. The lowest BCUT2D eigenvalue weighted by Gasteiger charge is -2.56. The number of fused-ring (bicyclic) bond motifs is 5. The summed E-state index contributed by atoms with van der Waals surface area (Å²) in [6, 6.07) is 0. The number of allylic oxidation sites excluding steroid dienone is 4. The topological polar surface area (TPSA) is 9.23 Å². The first-order valence-corrected chi connectivity index (χ1v) is 9.44. The van der Waals surface area contributed by atoms with Crippen molar-refractivity contribution in [3.05, 3.63) is 23.5 Å². The molecule has 23 heavy (non-hydrogen) atoms. The van der Waals surface area contributed by atoms with Crippen LogP contribution in [0, 0.1) is 46.8 Å². The molecule has 1 nitrogen and oxygen atoms in total. The average Bonchev–Trinajstić information content (AvgIpc) is 2.90. The third-order valence-corrected chi connectivity index (χ3v) is 8.20. The number of rotatable bonds is 1. The van der Waals surface area contributed by atoms with Crippen molar-refractivity contribution in [2.45, 2.75) is 58.8 Å². The minimum atomic E-state index is 0.362. The number of terminal acetylenes is 1. The van der Waals surface area contributed by atoms with Crippen LogP contribution >= 0.6 is 0 Å². The summed E-state index contributed by atoms with van der Waals surface area (Å²) in [6.45, 7) is 5.02. The zero-order chi connectivity index (χ0) is 16.2. The van der Waals surface area contributed by atoms with Gasteiger partial charge in [-0.2, -0.15) is 0 Å². The summed E-state index contributed by atoms with van der Waals surface area (Å²) in [7, 11) is 1.81. The van der Waals surface area contributed by atoms with Gasteiger partial charge in [-0.1, -0.05) is 19.9 Å². The summed E-state index contributed by atoms with van der Waals surface area (Å²) in [5.74, 6) is 7.34. The first-order valence-electron chi connectivity index (χ1n) is 9.44. The molecule has 3 unspecified atom stereocenters. The fourth-order valence-electron chi connectivity index (χ4n) is 6.73. The summed E-state index contributed by atoms with van der Waals surface area (Å²) >= 11 is 0. The van der Waals surface area contributed by atoms with Crippen LogP contribution in [0.15, 0.2) is 23.5 Å². The molecule has 0 aromatic heterocycles. The van der Waals surface area contributed by atoms with Gasteiger partial charge in [0.2, 0.25) is 0 Å². The molecule has 4 rings (SSSR count). The van der Waals surface area contributed by atoms with Gasteiger partial charge in [0.1, 0.15) is 0 Å². The van der Waals surface area contributed by atoms with Crippen molar-refractivity contribution in [2.24, 2.45) is 34.5 Å². The maximum atomic E-state index is 5.87. The minimum Gasteiger partial charge on any atom is -0.501 e. The smallest absolute Gasteiger partial charge is 0.0958 e. The van der Waals surface area contributed by atoms with E-state index >= 15 is 0 Å². The third kappa shape index (κ3) is 2.00. The van der Waals surface area contributed by atoms with Crippen LogP contribution in [0.3, 0.4) is 0 Å². The Morgan fingerprint density at radius 3 is 2.74 bits per heavy atom. The van der Waals surface area contributed by atoms with Crippen molar-refractivity contribution in [1.29, 1.82) is 0 Å². The van der Waals surface area contributed by atoms with Crippen molar-refractivity contribution in [1.82, 2.24) is 0 Å². The average molecular weight is 310 g/mol. The van der Waals surface area contributed by atoms with E-state index in [9.17, 15) is 0 Å². The van der Waals surface area contributed by atoms with Crippen molar-refractivity contribution < 1.29 is 4.74 Å². The predicted octanol–water partition coefficient (Wildman–Crippen LogP) is 5.34. The maximum Gasteiger partial charge on any atom is 0.0958 e. The fraction of sp³-hybridized carbons (Fsp3) is 0.727. The van der Waals surface area contributed by atoms with Crippen LogP contribution in [0.25, 0.3) is 0 Å². The Hall–Kier alpha value is -1.16. The first-order chi connectivity index (χ1) is 11.0. The van der Waals surface area contributed by atoms with E-state index in [0.29, 0.717) is 16.7 Å². The number of hydrogen-bond donors (Lipinski definition) is 0. The SMILES string of the molecule is C#C[C@H]1CCC2C3CC=C4C=C(OC)CC[C@]4(C)C3CC[C@@]21C. The Morgan fingerprint density at radius 2 is 2.00 bits per heavy atom. The highest BCUT2D eigenvalue weighted by Crippen LogP contribution is 2.65. The van der Waals surface area contributed by atoms with Crippen molar-refractivity contribution in [3.63, 3.8) is 0 Å².